The number of rotatable bonds is 8. The molecule has 0 aliphatic carbocycles. The maximum atomic E-state index is 14.2. The summed E-state index contributed by atoms with van der Waals surface area (Å²) in [5.41, 5.74) is 2.98. The number of furan rings is 1. The van der Waals surface area contributed by atoms with Gasteiger partial charge in [-0.05, 0) is 61.4 Å². The van der Waals surface area contributed by atoms with E-state index in [-0.39, 0.29) is 28.3 Å². The molecule has 0 amide bonds. The zero-order chi connectivity index (χ0) is 32.5. The third-order valence-corrected chi connectivity index (χ3v) is 8.82. The summed E-state index contributed by atoms with van der Waals surface area (Å²) in [7, 11) is 1.57. The first-order valence-corrected chi connectivity index (χ1v) is 15.5. The second-order valence-electron chi connectivity index (χ2n) is 10.4. The third kappa shape index (κ3) is 5.68. The average molecular weight is 655 g/mol. The zero-order valence-electron chi connectivity index (χ0n) is 24.9. The summed E-state index contributed by atoms with van der Waals surface area (Å²) in [6.45, 7) is 3.78. The minimum atomic E-state index is -1.16. The number of benzene rings is 3. The van der Waals surface area contributed by atoms with Crippen molar-refractivity contribution in [1.29, 1.82) is 0 Å². The number of aromatic nitrogens is 1. The van der Waals surface area contributed by atoms with Crippen molar-refractivity contribution in [2.75, 3.05) is 13.7 Å². The van der Waals surface area contributed by atoms with Crippen LogP contribution in [0.25, 0.3) is 23.1 Å². The number of esters is 1. The quantitative estimate of drug-likeness (QED) is 0.208. The van der Waals surface area contributed by atoms with E-state index in [1.807, 2.05) is 55.5 Å². The van der Waals surface area contributed by atoms with Crippen LogP contribution in [0.5, 0.6) is 5.75 Å². The van der Waals surface area contributed by atoms with Gasteiger partial charge in [-0.2, -0.15) is 0 Å². The van der Waals surface area contributed by atoms with Crippen LogP contribution >= 0.6 is 22.9 Å². The second-order valence-corrected chi connectivity index (χ2v) is 11.8. The molecule has 5 aromatic rings. The number of carbonyl (C=O) groups is 2. The molecule has 1 aliphatic heterocycles. The van der Waals surface area contributed by atoms with Crippen LogP contribution in [0.15, 0.2) is 98.6 Å². The molecule has 0 spiro atoms. The number of aromatic carboxylic acids is 1. The molecule has 0 radical (unpaired) electrons. The molecule has 0 saturated carbocycles. The van der Waals surface area contributed by atoms with Crippen molar-refractivity contribution >= 4 is 46.6 Å². The van der Waals surface area contributed by atoms with Crippen molar-refractivity contribution in [3.63, 3.8) is 0 Å². The number of aryl methyl sites for hydroxylation is 1. The fourth-order valence-corrected chi connectivity index (χ4v) is 6.50. The van der Waals surface area contributed by atoms with E-state index in [1.54, 1.807) is 38.3 Å². The standard InChI is InChI=1S/C35H27ClN2O7S/c1-4-44-34(42)29-30(20-8-6-5-7-9-20)37-35-38(31(29)22-11-10-19(2)27(17-22)43-3)32(39)28(46-35)18-23-13-15-26(45-23)21-12-14-25(36)24(16-21)33(40)41/h5-18,31H,4H2,1-3H3,(H,40,41)/b28-18+/t31-/m0/s1. The minimum absolute atomic E-state index is 0.0511. The molecule has 3 heterocycles. The van der Waals surface area contributed by atoms with E-state index in [0.29, 0.717) is 49.0 Å². The summed E-state index contributed by atoms with van der Waals surface area (Å²) >= 11 is 7.20. The van der Waals surface area contributed by atoms with Gasteiger partial charge in [0.05, 0.1) is 46.1 Å². The number of hydrogen-bond donors (Lipinski definition) is 1. The Kier molecular flexibility index (Phi) is 8.48. The van der Waals surface area contributed by atoms with Gasteiger partial charge in [0.25, 0.3) is 5.56 Å². The number of carboxylic acids is 1. The summed E-state index contributed by atoms with van der Waals surface area (Å²) < 4.78 is 19.0. The van der Waals surface area contributed by atoms with Gasteiger partial charge in [-0.15, -0.1) is 0 Å². The van der Waals surface area contributed by atoms with Crippen LogP contribution in [0.3, 0.4) is 0 Å². The topological polar surface area (TPSA) is 120 Å². The molecule has 232 valence electrons. The number of carboxylic acid groups (broad SMARTS) is 1. The van der Waals surface area contributed by atoms with Gasteiger partial charge in [0.2, 0.25) is 0 Å². The van der Waals surface area contributed by atoms with E-state index in [2.05, 4.69) is 0 Å². The van der Waals surface area contributed by atoms with E-state index < -0.39 is 18.0 Å². The average Bonchev–Trinajstić information content (AvgIpc) is 3.65. The van der Waals surface area contributed by atoms with Crippen LogP contribution in [-0.4, -0.2) is 35.3 Å². The van der Waals surface area contributed by atoms with Crippen molar-refractivity contribution in [3.05, 3.63) is 137 Å². The predicted molar refractivity (Wildman–Crippen MR) is 175 cm³/mol. The van der Waals surface area contributed by atoms with Crippen LogP contribution in [0.2, 0.25) is 5.02 Å². The van der Waals surface area contributed by atoms with Crippen molar-refractivity contribution in [2.24, 2.45) is 4.99 Å². The SMILES string of the molecule is CCOC(=O)C1=C(c2ccccc2)N=c2s/c(=C/c3ccc(-c4ccc(Cl)c(C(=O)O)c4)o3)c(=O)n2[C@H]1c1ccc(C)c(OC)c1. The van der Waals surface area contributed by atoms with Crippen LogP contribution in [-0.2, 0) is 9.53 Å². The molecular weight excluding hydrogens is 628 g/mol. The molecule has 46 heavy (non-hydrogen) atoms. The van der Waals surface area contributed by atoms with Crippen LogP contribution < -0.4 is 19.6 Å². The molecular formula is C35H27ClN2O7S. The van der Waals surface area contributed by atoms with E-state index >= 15 is 0 Å². The van der Waals surface area contributed by atoms with E-state index in [1.165, 1.54) is 16.7 Å². The van der Waals surface area contributed by atoms with Crippen molar-refractivity contribution < 1.29 is 28.6 Å². The lowest BCUT2D eigenvalue weighted by atomic mass is 9.92. The summed E-state index contributed by atoms with van der Waals surface area (Å²) in [5.74, 6) is -0.356. The molecule has 1 atom stereocenters. The van der Waals surface area contributed by atoms with E-state index in [0.717, 1.165) is 16.9 Å². The summed E-state index contributed by atoms with van der Waals surface area (Å²) in [5, 5.41) is 9.58. The predicted octanol–water partition coefficient (Wildman–Crippen LogP) is 5.86. The Morgan fingerprint density at radius 3 is 2.57 bits per heavy atom. The molecule has 3 aromatic carbocycles. The Bertz CT molecular complexity index is 2210. The summed E-state index contributed by atoms with van der Waals surface area (Å²) in [6, 6.07) is 21.9. The lowest BCUT2D eigenvalue weighted by Crippen LogP contribution is -2.40. The van der Waals surface area contributed by atoms with Gasteiger partial charge in [-0.3, -0.25) is 9.36 Å². The third-order valence-electron chi connectivity index (χ3n) is 7.50. The lowest BCUT2D eigenvalue weighted by Gasteiger charge is -2.26. The van der Waals surface area contributed by atoms with Gasteiger partial charge in [0, 0.05) is 17.2 Å². The van der Waals surface area contributed by atoms with Crippen molar-refractivity contribution in [1.82, 2.24) is 4.57 Å². The maximum absolute atomic E-state index is 14.2. The zero-order valence-corrected chi connectivity index (χ0v) is 26.5. The van der Waals surface area contributed by atoms with Crippen LogP contribution in [0, 0.1) is 6.92 Å². The molecule has 0 bridgehead atoms. The number of hydrogen-bond acceptors (Lipinski definition) is 8. The summed E-state index contributed by atoms with van der Waals surface area (Å²) in [4.78, 5) is 44.7. The van der Waals surface area contributed by atoms with E-state index in [4.69, 9.17) is 30.5 Å². The normalized spacial score (nSPS) is 14.5. The Hall–Kier alpha value is -5.19. The Labute approximate surface area is 271 Å². The number of carbonyl (C=O) groups excluding carboxylic acids is 1. The molecule has 9 nitrogen and oxygen atoms in total. The number of halogens is 1. The highest BCUT2D eigenvalue weighted by Crippen LogP contribution is 2.37. The van der Waals surface area contributed by atoms with Crippen molar-refractivity contribution in [3.8, 4) is 17.1 Å². The van der Waals surface area contributed by atoms with Gasteiger partial charge in [-0.1, -0.05) is 65.4 Å². The largest absolute Gasteiger partial charge is 0.496 e. The van der Waals surface area contributed by atoms with Crippen LogP contribution in [0.4, 0.5) is 0 Å². The molecule has 0 saturated heterocycles. The summed E-state index contributed by atoms with van der Waals surface area (Å²) in [6.07, 6.45) is 1.60. The van der Waals surface area contributed by atoms with Gasteiger partial charge >= 0.3 is 11.9 Å². The van der Waals surface area contributed by atoms with Crippen molar-refractivity contribution in [2.45, 2.75) is 19.9 Å². The number of fused-ring (bicyclic) bond motifs is 1. The highest BCUT2D eigenvalue weighted by atomic mass is 35.5. The Morgan fingerprint density at radius 2 is 1.85 bits per heavy atom. The molecule has 0 unspecified atom stereocenters. The first-order valence-electron chi connectivity index (χ1n) is 14.3. The fourth-order valence-electron chi connectivity index (χ4n) is 5.32. The first-order chi connectivity index (χ1) is 22.2. The second kappa shape index (κ2) is 12.7. The number of thiazole rings is 1. The molecule has 2 aromatic heterocycles. The van der Waals surface area contributed by atoms with Gasteiger partial charge in [-0.25, -0.2) is 14.6 Å². The maximum Gasteiger partial charge on any atom is 0.338 e. The monoisotopic (exact) mass is 654 g/mol. The smallest absolute Gasteiger partial charge is 0.338 e. The minimum Gasteiger partial charge on any atom is -0.496 e. The number of methoxy groups -OCH3 is 1. The van der Waals surface area contributed by atoms with Gasteiger partial charge in [0.1, 0.15) is 17.3 Å². The number of nitrogens with zero attached hydrogens (tertiary/aromatic N) is 2. The Morgan fingerprint density at radius 1 is 1.07 bits per heavy atom. The lowest BCUT2D eigenvalue weighted by molar-refractivity contribution is -0.138. The highest BCUT2D eigenvalue weighted by Gasteiger charge is 2.35. The highest BCUT2D eigenvalue weighted by molar-refractivity contribution is 7.07. The first kappa shape index (κ1) is 30.8. The number of ether oxygens (including phenoxy) is 2. The van der Waals surface area contributed by atoms with Crippen LogP contribution in [0.1, 0.15) is 45.8 Å². The molecule has 6 rings (SSSR count). The molecule has 1 aliphatic rings. The molecule has 0 fully saturated rings. The van der Waals surface area contributed by atoms with E-state index in [9.17, 15) is 19.5 Å². The fraction of sp³-hybridized carbons (Fsp3) is 0.143. The Balaban J connectivity index is 1.55. The molecule has 1 N–H and O–H groups in total. The molecule has 11 heteroatoms. The van der Waals surface area contributed by atoms with Gasteiger partial charge < -0.3 is 19.0 Å². The van der Waals surface area contributed by atoms with Gasteiger partial charge in [0.15, 0.2) is 4.80 Å².